The molecule has 1 unspecified atom stereocenters. The average Bonchev–Trinajstić information content (AvgIpc) is 2.46. The molecule has 2 N–H and O–H groups in total. The summed E-state index contributed by atoms with van der Waals surface area (Å²) in [7, 11) is 6.59. The minimum atomic E-state index is -1.17. The molecule has 8 heteroatoms. The summed E-state index contributed by atoms with van der Waals surface area (Å²) in [5.41, 5.74) is 1.42. The SMILES string of the molecule is CN(C)CCOc1cc(N(C)C)ccc1N(N)C(=O)C[PH2]=O. The Morgan fingerprint density at radius 2 is 1.95 bits per heavy atom. The Kier molecular flexibility index (Phi) is 7.38. The van der Waals surface area contributed by atoms with Crippen LogP contribution < -0.4 is 20.5 Å². The van der Waals surface area contributed by atoms with Crippen molar-refractivity contribution in [2.75, 3.05) is 57.4 Å². The number of hydrogen-bond acceptors (Lipinski definition) is 6. The van der Waals surface area contributed by atoms with Gasteiger partial charge in [0.1, 0.15) is 18.0 Å². The third kappa shape index (κ3) is 5.33. The van der Waals surface area contributed by atoms with E-state index >= 15 is 0 Å². The summed E-state index contributed by atoms with van der Waals surface area (Å²) >= 11 is 0. The molecule has 0 spiro atoms. The highest BCUT2D eigenvalue weighted by Gasteiger charge is 2.17. The second-order valence-corrected chi connectivity index (χ2v) is 6.07. The maximum Gasteiger partial charge on any atom is 0.248 e. The molecule has 0 fully saturated rings. The largest absolute Gasteiger partial charge is 0.490 e. The fourth-order valence-corrected chi connectivity index (χ4v) is 2.08. The van der Waals surface area contributed by atoms with Crippen molar-refractivity contribution in [1.29, 1.82) is 0 Å². The van der Waals surface area contributed by atoms with Gasteiger partial charge < -0.3 is 19.1 Å². The molecule has 0 aliphatic heterocycles. The number of nitrogens with zero attached hydrogens (tertiary/aromatic N) is 3. The first kappa shape index (κ1) is 18.5. The molecule has 7 nitrogen and oxygen atoms in total. The number of anilines is 2. The molecule has 0 aliphatic carbocycles. The summed E-state index contributed by atoms with van der Waals surface area (Å²) in [5, 5.41) is 1.01. The van der Waals surface area contributed by atoms with E-state index in [1.54, 1.807) is 6.07 Å². The monoisotopic (exact) mass is 328 g/mol. The lowest BCUT2D eigenvalue weighted by atomic mass is 10.2. The van der Waals surface area contributed by atoms with Crippen molar-refractivity contribution in [2.45, 2.75) is 0 Å². The first-order chi connectivity index (χ1) is 10.4. The Morgan fingerprint density at radius 1 is 1.27 bits per heavy atom. The first-order valence-corrected chi connectivity index (χ1v) is 8.25. The van der Waals surface area contributed by atoms with Crippen LogP contribution in [0.15, 0.2) is 18.2 Å². The highest BCUT2D eigenvalue weighted by Crippen LogP contribution is 2.31. The van der Waals surface area contributed by atoms with Crippen molar-refractivity contribution in [1.82, 2.24) is 4.90 Å². The molecular weight excluding hydrogens is 303 g/mol. The third-order valence-electron chi connectivity index (χ3n) is 3.04. The molecule has 0 heterocycles. The molecule has 22 heavy (non-hydrogen) atoms. The van der Waals surface area contributed by atoms with E-state index in [0.717, 1.165) is 17.2 Å². The molecule has 0 saturated carbocycles. The van der Waals surface area contributed by atoms with Gasteiger partial charge in [0.05, 0.1) is 14.6 Å². The minimum absolute atomic E-state index is 0.0525. The van der Waals surface area contributed by atoms with E-state index in [2.05, 4.69) is 0 Å². The lowest BCUT2D eigenvalue weighted by Crippen LogP contribution is -2.38. The van der Waals surface area contributed by atoms with E-state index in [4.69, 9.17) is 10.6 Å². The highest BCUT2D eigenvalue weighted by atomic mass is 31.1. The fourth-order valence-electron chi connectivity index (χ4n) is 1.74. The quantitative estimate of drug-likeness (QED) is 0.327. The number of ether oxygens (including phenoxy) is 1. The topological polar surface area (TPSA) is 79.1 Å². The molecule has 0 radical (unpaired) electrons. The van der Waals surface area contributed by atoms with Crippen LogP contribution in [0.25, 0.3) is 0 Å². The van der Waals surface area contributed by atoms with Gasteiger partial charge in [0.15, 0.2) is 0 Å². The van der Waals surface area contributed by atoms with Crippen molar-refractivity contribution >= 4 is 25.7 Å². The Labute approximate surface area is 132 Å². The number of hydrazine groups is 1. The first-order valence-electron chi connectivity index (χ1n) is 6.97. The number of hydrogen-bond donors (Lipinski definition) is 1. The van der Waals surface area contributed by atoms with Crippen molar-refractivity contribution < 1.29 is 14.1 Å². The van der Waals surface area contributed by atoms with Gasteiger partial charge in [-0.2, -0.15) is 0 Å². The van der Waals surface area contributed by atoms with Crippen molar-refractivity contribution in [2.24, 2.45) is 5.84 Å². The van der Waals surface area contributed by atoms with Gasteiger partial charge >= 0.3 is 0 Å². The molecular formula is C14H25N4O3P. The lowest BCUT2D eigenvalue weighted by Gasteiger charge is -2.22. The van der Waals surface area contributed by atoms with Gasteiger partial charge in [0.2, 0.25) is 5.91 Å². The number of benzene rings is 1. The fraction of sp³-hybridized carbons (Fsp3) is 0.500. The summed E-state index contributed by atoms with van der Waals surface area (Å²) in [6.07, 6.45) is -0.0525. The van der Waals surface area contributed by atoms with E-state index < -0.39 is 8.46 Å². The zero-order chi connectivity index (χ0) is 16.7. The van der Waals surface area contributed by atoms with Crippen LogP contribution in [-0.4, -0.2) is 58.3 Å². The van der Waals surface area contributed by atoms with Crippen LogP contribution in [0.4, 0.5) is 11.4 Å². The highest BCUT2D eigenvalue weighted by molar-refractivity contribution is 7.25. The molecule has 0 aliphatic rings. The van der Waals surface area contributed by atoms with Gasteiger partial charge in [-0.3, -0.25) is 4.79 Å². The molecule has 0 aromatic heterocycles. The molecule has 1 rings (SSSR count). The van der Waals surface area contributed by atoms with Gasteiger partial charge in [-0.05, 0) is 26.2 Å². The van der Waals surface area contributed by atoms with Crippen LogP contribution in [-0.2, 0) is 9.36 Å². The molecule has 124 valence electrons. The standard InChI is InChI=1S/C14H25N4O3P/c1-16(2)7-8-21-13-9-11(17(3)4)5-6-12(13)18(15)14(19)10-22-20/h5-6,9H,7-8,10,15,22H2,1-4H3. The Hall–Kier alpha value is -1.56. The number of rotatable bonds is 8. The van der Waals surface area contributed by atoms with Crippen LogP contribution in [0.5, 0.6) is 5.75 Å². The second-order valence-electron chi connectivity index (χ2n) is 5.33. The zero-order valence-electron chi connectivity index (χ0n) is 13.6. The summed E-state index contributed by atoms with van der Waals surface area (Å²) in [5.74, 6) is 5.98. The van der Waals surface area contributed by atoms with E-state index in [1.807, 2.05) is 50.1 Å². The van der Waals surface area contributed by atoms with Crippen molar-refractivity contribution in [3.05, 3.63) is 18.2 Å². The number of likely N-dealkylation sites (N-methyl/N-ethyl adjacent to an activating group) is 1. The molecule has 1 aromatic rings. The predicted octanol–water partition coefficient (Wildman–Crippen LogP) is 0.656. The van der Waals surface area contributed by atoms with Gasteiger partial charge in [0.25, 0.3) is 0 Å². The zero-order valence-corrected chi connectivity index (χ0v) is 14.7. The number of nitrogens with two attached hydrogens (primary N) is 1. The molecule has 1 amide bonds. The van der Waals surface area contributed by atoms with Crippen LogP contribution in [0, 0.1) is 0 Å². The minimum Gasteiger partial charge on any atom is -0.490 e. The van der Waals surface area contributed by atoms with Crippen LogP contribution in [0.1, 0.15) is 0 Å². The molecule has 0 saturated heterocycles. The van der Waals surface area contributed by atoms with Gasteiger partial charge in [-0.1, -0.05) is 0 Å². The van der Waals surface area contributed by atoms with Gasteiger partial charge in [-0.25, -0.2) is 10.9 Å². The Morgan fingerprint density at radius 3 is 2.50 bits per heavy atom. The number of carbonyl (C=O) groups excluding carboxylic acids is 1. The van der Waals surface area contributed by atoms with Crippen LogP contribution in [0.3, 0.4) is 0 Å². The predicted molar refractivity (Wildman–Crippen MR) is 91.8 cm³/mol. The van der Waals surface area contributed by atoms with Gasteiger partial charge in [-0.15, -0.1) is 0 Å². The molecule has 1 aromatic carbocycles. The maximum absolute atomic E-state index is 11.8. The van der Waals surface area contributed by atoms with Crippen LogP contribution >= 0.6 is 8.46 Å². The molecule has 1 atom stereocenters. The van der Waals surface area contributed by atoms with Crippen molar-refractivity contribution in [3.63, 3.8) is 0 Å². The smallest absolute Gasteiger partial charge is 0.248 e. The average molecular weight is 328 g/mol. The summed E-state index contributed by atoms with van der Waals surface area (Å²) in [6, 6.07) is 5.42. The van der Waals surface area contributed by atoms with E-state index in [0.29, 0.717) is 18.0 Å². The van der Waals surface area contributed by atoms with E-state index in [9.17, 15) is 9.36 Å². The normalized spacial score (nSPS) is 11.2. The summed E-state index contributed by atoms with van der Waals surface area (Å²) in [4.78, 5) is 15.8. The third-order valence-corrected chi connectivity index (χ3v) is 3.56. The summed E-state index contributed by atoms with van der Waals surface area (Å²) in [6.45, 7) is 1.22. The second kappa shape index (κ2) is 8.78. The van der Waals surface area contributed by atoms with E-state index in [1.165, 1.54) is 0 Å². The number of carbonyl (C=O) groups is 1. The van der Waals surface area contributed by atoms with Gasteiger partial charge in [0, 0.05) is 32.4 Å². The van der Waals surface area contributed by atoms with E-state index in [-0.39, 0.29) is 12.1 Å². The Bertz CT molecular complexity index is 523. The number of amides is 1. The Balaban J connectivity index is 3.02. The molecule has 0 bridgehead atoms. The maximum atomic E-state index is 11.8. The summed E-state index contributed by atoms with van der Waals surface area (Å²) < 4.78 is 16.5. The van der Waals surface area contributed by atoms with Crippen molar-refractivity contribution in [3.8, 4) is 5.75 Å². The lowest BCUT2D eigenvalue weighted by molar-refractivity contribution is -0.116. The van der Waals surface area contributed by atoms with Crippen LogP contribution in [0.2, 0.25) is 0 Å².